The fourth-order valence-corrected chi connectivity index (χ4v) is 1.75. The summed E-state index contributed by atoms with van der Waals surface area (Å²) >= 11 is 0. The molecule has 0 bridgehead atoms. The molecule has 2 nitrogen and oxygen atoms in total. The number of alkyl halides is 2. The number of rotatable bonds is 5. The summed E-state index contributed by atoms with van der Waals surface area (Å²) in [7, 11) is 0. The van der Waals surface area contributed by atoms with Gasteiger partial charge in [0.15, 0.2) is 0 Å². The number of nitrogens with two attached hydrogens (primary N) is 1. The largest absolute Gasteiger partial charge is 0.489 e. The first-order valence-corrected chi connectivity index (χ1v) is 5.98. The molecule has 0 amide bonds. The van der Waals surface area contributed by atoms with Gasteiger partial charge in [0.1, 0.15) is 12.4 Å². The predicted molar refractivity (Wildman–Crippen MR) is 70.1 cm³/mol. The van der Waals surface area contributed by atoms with E-state index in [-0.39, 0.29) is 12.1 Å². The minimum absolute atomic E-state index is 0.0639. The van der Waals surface area contributed by atoms with E-state index in [1.165, 1.54) is 12.1 Å². The number of ether oxygens (including phenoxy) is 1. The summed E-state index contributed by atoms with van der Waals surface area (Å²) in [5, 5.41) is 0. The molecule has 0 unspecified atom stereocenters. The molecular formula is C15H15F2NO. The Kier molecular flexibility index (Phi) is 4.47. The summed E-state index contributed by atoms with van der Waals surface area (Å²) < 4.78 is 31.0. The molecule has 0 aromatic heterocycles. The molecule has 0 fully saturated rings. The number of halogens is 2. The number of hydrogen-bond acceptors (Lipinski definition) is 2. The van der Waals surface area contributed by atoms with Gasteiger partial charge in [-0.05, 0) is 29.3 Å². The van der Waals surface area contributed by atoms with Crippen molar-refractivity contribution >= 4 is 0 Å². The molecule has 0 atom stereocenters. The number of benzene rings is 2. The van der Waals surface area contributed by atoms with Crippen LogP contribution in [0.2, 0.25) is 0 Å². The van der Waals surface area contributed by atoms with Crippen molar-refractivity contribution in [1.29, 1.82) is 0 Å². The third kappa shape index (κ3) is 3.76. The van der Waals surface area contributed by atoms with E-state index in [2.05, 4.69) is 0 Å². The van der Waals surface area contributed by atoms with Crippen molar-refractivity contribution in [1.82, 2.24) is 0 Å². The monoisotopic (exact) mass is 263 g/mol. The van der Waals surface area contributed by atoms with Crippen LogP contribution in [0, 0.1) is 0 Å². The quantitative estimate of drug-likeness (QED) is 0.893. The fourth-order valence-electron chi connectivity index (χ4n) is 1.75. The summed E-state index contributed by atoms with van der Waals surface area (Å²) in [5.41, 5.74) is 7.06. The van der Waals surface area contributed by atoms with Crippen LogP contribution in [0.15, 0.2) is 48.5 Å². The lowest BCUT2D eigenvalue weighted by atomic mass is 10.1. The molecule has 0 spiro atoms. The van der Waals surface area contributed by atoms with Crippen LogP contribution < -0.4 is 10.5 Å². The van der Waals surface area contributed by atoms with Crippen LogP contribution in [0.25, 0.3) is 0 Å². The van der Waals surface area contributed by atoms with Gasteiger partial charge in [0.05, 0.1) is 0 Å². The van der Waals surface area contributed by atoms with E-state index in [0.29, 0.717) is 17.9 Å². The van der Waals surface area contributed by atoms with E-state index in [4.69, 9.17) is 10.5 Å². The lowest BCUT2D eigenvalue weighted by Gasteiger charge is -2.10. The minimum atomic E-state index is -2.52. The molecule has 2 N–H and O–H groups in total. The zero-order valence-corrected chi connectivity index (χ0v) is 10.4. The van der Waals surface area contributed by atoms with E-state index in [1.54, 1.807) is 6.07 Å². The summed E-state index contributed by atoms with van der Waals surface area (Å²) in [4.78, 5) is 0. The van der Waals surface area contributed by atoms with Crippen LogP contribution in [-0.4, -0.2) is 0 Å². The van der Waals surface area contributed by atoms with Crippen molar-refractivity contribution in [2.24, 2.45) is 5.73 Å². The molecule has 0 saturated carbocycles. The van der Waals surface area contributed by atoms with Crippen molar-refractivity contribution in [2.75, 3.05) is 0 Å². The Morgan fingerprint density at radius 3 is 2.37 bits per heavy atom. The second-order valence-corrected chi connectivity index (χ2v) is 4.19. The molecule has 19 heavy (non-hydrogen) atoms. The van der Waals surface area contributed by atoms with Gasteiger partial charge in [-0.3, -0.25) is 0 Å². The SMILES string of the molecule is NCc1cc(OCc2ccccc2)cc(C(F)F)c1. The van der Waals surface area contributed by atoms with Gasteiger partial charge in [0.25, 0.3) is 6.43 Å². The molecule has 4 heteroatoms. The molecule has 2 rings (SSSR count). The summed E-state index contributed by atoms with van der Waals surface area (Å²) in [6.07, 6.45) is -2.52. The van der Waals surface area contributed by atoms with E-state index in [9.17, 15) is 8.78 Å². The molecule has 0 aliphatic carbocycles. The summed E-state index contributed by atoms with van der Waals surface area (Å²) in [5.74, 6) is 0.419. The van der Waals surface area contributed by atoms with E-state index in [1.807, 2.05) is 30.3 Å². The Morgan fingerprint density at radius 1 is 1.00 bits per heavy atom. The Balaban J connectivity index is 2.13. The molecule has 0 aliphatic heterocycles. The first-order valence-electron chi connectivity index (χ1n) is 5.98. The van der Waals surface area contributed by atoms with Gasteiger partial charge in [0.2, 0.25) is 0 Å². The van der Waals surface area contributed by atoms with Gasteiger partial charge in [-0.1, -0.05) is 30.3 Å². The first kappa shape index (κ1) is 13.5. The van der Waals surface area contributed by atoms with Gasteiger partial charge >= 0.3 is 0 Å². The van der Waals surface area contributed by atoms with E-state index < -0.39 is 6.43 Å². The highest BCUT2D eigenvalue weighted by Gasteiger charge is 2.10. The zero-order chi connectivity index (χ0) is 13.7. The van der Waals surface area contributed by atoms with Crippen LogP contribution in [0.1, 0.15) is 23.1 Å². The molecule has 100 valence electrons. The molecular weight excluding hydrogens is 248 g/mol. The smallest absolute Gasteiger partial charge is 0.263 e. The molecule has 2 aromatic rings. The van der Waals surface area contributed by atoms with Crippen molar-refractivity contribution in [2.45, 2.75) is 19.6 Å². The molecule has 0 aliphatic rings. The minimum Gasteiger partial charge on any atom is -0.489 e. The highest BCUT2D eigenvalue weighted by molar-refractivity contribution is 5.35. The Labute approximate surface area is 110 Å². The van der Waals surface area contributed by atoms with Crippen molar-refractivity contribution in [3.05, 3.63) is 65.2 Å². The fraction of sp³-hybridized carbons (Fsp3) is 0.200. The highest BCUT2D eigenvalue weighted by atomic mass is 19.3. The standard InChI is InChI=1S/C15H15F2NO/c16-15(17)13-6-12(9-18)7-14(8-13)19-10-11-4-2-1-3-5-11/h1-8,15H,9-10,18H2. The van der Waals surface area contributed by atoms with Gasteiger partial charge in [-0.2, -0.15) is 0 Å². The molecule has 0 saturated heterocycles. The summed E-state index contributed by atoms with van der Waals surface area (Å²) in [6.45, 7) is 0.555. The zero-order valence-electron chi connectivity index (χ0n) is 10.4. The maximum Gasteiger partial charge on any atom is 0.263 e. The average molecular weight is 263 g/mol. The molecule has 0 heterocycles. The van der Waals surface area contributed by atoms with Crippen molar-refractivity contribution in [3.8, 4) is 5.75 Å². The topological polar surface area (TPSA) is 35.2 Å². The number of hydrogen-bond donors (Lipinski definition) is 1. The predicted octanol–water partition coefficient (Wildman–Crippen LogP) is 3.66. The molecule has 0 radical (unpaired) electrons. The van der Waals surface area contributed by atoms with Crippen LogP contribution in [-0.2, 0) is 13.2 Å². The highest BCUT2D eigenvalue weighted by Crippen LogP contribution is 2.25. The van der Waals surface area contributed by atoms with Crippen molar-refractivity contribution < 1.29 is 13.5 Å². The Bertz CT molecular complexity index is 529. The second-order valence-electron chi connectivity index (χ2n) is 4.19. The van der Waals surface area contributed by atoms with Gasteiger partial charge in [-0.15, -0.1) is 0 Å². The Morgan fingerprint density at radius 2 is 1.74 bits per heavy atom. The van der Waals surface area contributed by atoms with Crippen LogP contribution in [0.3, 0.4) is 0 Å². The second kappa shape index (κ2) is 6.29. The maximum atomic E-state index is 12.7. The van der Waals surface area contributed by atoms with Gasteiger partial charge < -0.3 is 10.5 Å². The van der Waals surface area contributed by atoms with Gasteiger partial charge in [0, 0.05) is 12.1 Å². The van der Waals surface area contributed by atoms with Crippen LogP contribution in [0.5, 0.6) is 5.75 Å². The average Bonchev–Trinajstić information content (AvgIpc) is 2.45. The van der Waals surface area contributed by atoms with E-state index >= 15 is 0 Å². The maximum absolute atomic E-state index is 12.7. The molecule has 2 aromatic carbocycles. The lowest BCUT2D eigenvalue weighted by molar-refractivity contribution is 0.150. The lowest BCUT2D eigenvalue weighted by Crippen LogP contribution is -2.01. The van der Waals surface area contributed by atoms with Crippen LogP contribution >= 0.6 is 0 Å². The van der Waals surface area contributed by atoms with Crippen LogP contribution in [0.4, 0.5) is 8.78 Å². The Hall–Kier alpha value is -1.94. The summed E-state index contributed by atoms with van der Waals surface area (Å²) in [6, 6.07) is 14.0. The third-order valence-corrected chi connectivity index (χ3v) is 2.72. The normalized spacial score (nSPS) is 10.7. The van der Waals surface area contributed by atoms with E-state index in [0.717, 1.165) is 5.56 Å². The van der Waals surface area contributed by atoms with Crippen molar-refractivity contribution in [3.63, 3.8) is 0 Å². The third-order valence-electron chi connectivity index (χ3n) is 2.72. The van der Waals surface area contributed by atoms with Gasteiger partial charge in [-0.25, -0.2) is 8.78 Å². The first-order chi connectivity index (χ1) is 9.19.